The maximum absolute atomic E-state index is 6.23. The summed E-state index contributed by atoms with van der Waals surface area (Å²) in [6.07, 6.45) is 15.0. The van der Waals surface area contributed by atoms with Crippen molar-refractivity contribution < 1.29 is 18.9 Å². The summed E-state index contributed by atoms with van der Waals surface area (Å²) < 4.78 is 24.9. The molecule has 0 aromatic carbocycles. The second-order valence-corrected chi connectivity index (χ2v) is 20.7. The lowest BCUT2D eigenvalue weighted by Gasteiger charge is -2.33. The molecule has 0 bridgehead atoms. The number of unbranched alkanes of at least 4 members (excludes halogenated alkanes) is 6. The molecule has 38 heavy (non-hydrogen) atoms. The summed E-state index contributed by atoms with van der Waals surface area (Å²) in [6, 6.07) is 2.68. The van der Waals surface area contributed by atoms with Crippen molar-refractivity contribution in [3.8, 4) is 0 Å². The van der Waals surface area contributed by atoms with Crippen molar-refractivity contribution in [1.82, 2.24) is 0 Å². The maximum Gasteiger partial charge on any atom is 0.144 e. The van der Waals surface area contributed by atoms with Gasteiger partial charge in [0.15, 0.2) is 0 Å². The van der Waals surface area contributed by atoms with Crippen LogP contribution in [0.3, 0.4) is 0 Å². The second-order valence-electron chi connectivity index (χ2n) is 9.87. The minimum absolute atomic E-state index is 0.223. The van der Waals surface area contributed by atoms with E-state index >= 15 is 0 Å². The smallest absolute Gasteiger partial charge is 0.144 e. The van der Waals surface area contributed by atoms with E-state index in [0.29, 0.717) is 0 Å². The van der Waals surface area contributed by atoms with Crippen LogP contribution in [-0.2, 0) is 18.9 Å². The molecule has 0 unspecified atom stereocenters. The lowest BCUT2D eigenvalue weighted by Crippen LogP contribution is -2.42. The van der Waals surface area contributed by atoms with Gasteiger partial charge in [0.05, 0.1) is 19.0 Å². The molecule has 0 fully saturated rings. The Labute approximate surface area is 257 Å². The van der Waals surface area contributed by atoms with Crippen molar-refractivity contribution in [2.45, 2.75) is 142 Å². The highest BCUT2D eigenvalue weighted by molar-refractivity contribution is 9.26. The fraction of sp³-hybridized carbons (Fsp3) is 1.00. The fourth-order valence-electron chi connectivity index (χ4n) is 4.82. The molecule has 0 saturated carbocycles. The first-order valence-electron chi connectivity index (χ1n) is 15.7. The Bertz CT molecular complexity index is 442. The molecule has 0 aromatic rings. The van der Waals surface area contributed by atoms with Crippen LogP contribution in [0.5, 0.6) is 0 Å². The summed E-state index contributed by atoms with van der Waals surface area (Å²) in [4.78, 5) is 0. The first kappa shape index (κ1) is 39.7. The molecule has 0 spiro atoms. The molecule has 230 valence electrons. The van der Waals surface area contributed by atoms with Crippen molar-refractivity contribution in [3.05, 3.63) is 0 Å². The Morgan fingerprint density at radius 3 is 1.16 bits per heavy atom. The standard InChI is InChI=1S/C28H62O4S4Si2/c1-7-13-19-25-37-27(29-9-3,30-10-4)21-15-17-23-33-35-36-34-24-18-16-22-28(31-11-5,32-12-6)38-26-20-14-8-2/h7-26,37-38H2,1-6H3. The van der Waals surface area contributed by atoms with Crippen LogP contribution < -0.4 is 0 Å². The molecule has 0 radical (unpaired) electrons. The summed E-state index contributed by atoms with van der Waals surface area (Å²) in [5.74, 6) is 2.41. The molecule has 4 nitrogen and oxygen atoms in total. The largest absolute Gasteiger partial charge is 0.355 e. The van der Waals surface area contributed by atoms with Gasteiger partial charge in [-0.1, -0.05) is 86.0 Å². The number of hydrogen-bond acceptors (Lipinski definition) is 8. The van der Waals surface area contributed by atoms with E-state index in [1.165, 1.54) is 87.8 Å². The quantitative estimate of drug-likeness (QED) is 0.0320. The summed E-state index contributed by atoms with van der Waals surface area (Å²) in [7, 11) is 7.14. The topological polar surface area (TPSA) is 36.9 Å². The Morgan fingerprint density at radius 2 is 0.842 bits per heavy atom. The summed E-state index contributed by atoms with van der Waals surface area (Å²) in [5, 5.41) is 0. The fourth-order valence-corrected chi connectivity index (χ4v) is 15.8. The van der Waals surface area contributed by atoms with Gasteiger partial charge in [-0.05, 0) is 85.9 Å². The predicted molar refractivity (Wildman–Crippen MR) is 186 cm³/mol. The van der Waals surface area contributed by atoms with E-state index in [4.69, 9.17) is 18.9 Å². The zero-order valence-corrected chi connectivity index (χ0v) is 31.9. The van der Waals surface area contributed by atoms with Gasteiger partial charge in [-0.3, -0.25) is 0 Å². The van der Waals surface area contributed by atoms with Gasteiger partial charge in [-0.2, -0.15) is 0 Å². The monoisotopic (exact) mass is 646 g/mol. The number of hydrogen-bond donors (Lipinski definition) is 0. The average Bonchev–Trinajstić information content (AvgIpc) is 2.90. The van der Waals surface area contributed by atoms with E-state index in [9.17, 15) is 0 Å². The molecule has 0 amide bonds. The van der Waals surface area contributed by atoms with Crippen LogP contribution >= 0.6 is 41.2 Å². The Balaban J connectivity index is 4.05. The number of ether oxygens (including phenoxy) is 4. The lowest BCUT2D eigenvalue weighted by atomic mass is 10.2. The molecule has 0 atom stereocenters. The molecule has 0 aliphatic heterocycles. The van der Waals surface area contributed by atoms with E-state index in [1.807, 2.05) is 41.2 Å². The van der Waals surface area contributed by atoms with Crippen LogP contribution in [-0.4, -0.2) is 67.8 Å². The molecule has 0 aliphatic rings. The molecular weight excluding hydrogens is 585 g/mol. The summed E-state index contributed by atoms with van der Waals surface area (Å²) >= 11 is 0. The molecule has 0 N–H and O–H groups in total. The van der Waals surface area contributed by atoms with Gasteiger partial charge in [0.1, 0.15) is 10.8 Å². The van der Waals surface area contributed by atoms with Gasteiger partial charge in [-0.25, -0.2) is 0 Å². The molecular formula is C28H62O4S4Si2. The third-order valence-electron chi connectivity index (χ3n) is 6.65. The van der Waals surface area contributed by atoms with Gasteiger partial charge >= 0.3 is 0 Å². The van der Waals surface area contributed by atoms with Crippen LogP contribution in [0.1, 0.15) is 119 Å². The minimum Gasteiger partial charge on any atom is -0.355 e. The molecule has 0 saturated heterocycles. The first-order valence-corrected chi connectivity index (χ1v) is 24.3. The molecule has 0 rings (SSSR count). The van der Waals surface area contributed by atoms with Crippen LogP contribution in [0.4, 0.5) is 0 Å². The van der Waals surface area contributed by atoms with Crippen molar-refractivity contribution in [2.75, 3.05) is 37.9 Å². The van der Waals surface area contributed by atoms with Crippen LogP contribution in [0.2, 0.25) is 12.1 Å². The third kappa shape index (κ3) is 21.4. The molecule has 0 aliphatic carbocycles. The van der Waals surface area contributed by atoms with E-state index in [0.717, 1.165) is 39.3 Å². The van der Waals surface area contributed by atoms with Gasteiger partial charge in [0.25, 0.3) is 0 Å². The summed E-state index contributed by atoms with van der Waals surface area (Å²) in [6.45, 7) is 16.1. The third-order valence-corrected chi connectivity index (χ3v) is 18.0. The van der Waals surface area contributed by atoms with Crippen molar-refractivity contribution >= 4 is 60.3 Å². The molecule has 10 heteroatoms. The molecule has 0 heterocycles. The minimum atomic E-state index is -0.382. The zero-order chi connectivity index (χ0) is 28.2. The number of rotatable bonds is 31. The Hall–Kier alpha value is 1.67. The van der Waals surface area contributed by atoms with E-state index in [-0.39, 0.29) is 29.9 Å². The van der Waals surface area contributed by atoms with Gasteiger partial charge in [0.2, 0.25) is 0 Å². The van der Waals surface area contributed by atoms with Gasteiger partial charge in [0, 0.05) is 37.9 Å². The van der Waals surface area contributed by atoms with Crippen molar-refractivity contribution in [1.29, 1.82) is 0 Å². The van der Waals surface area contributed by atoms with E-state index in [1.54, 1.807) is 0 Å². The first-order chi connectivity index (χ1) is 18.6. The molecule has 0 aromatic heterocycles. The van der Waals surface area contributed by atoms with E-state index < -0.39 is 0 Å². The highest BCUT2D eigenvalue weighted by atomic mass is 33.7. The SMILES string of the molecule is CCCCC[SiH2]C(CCCCSSSSCCCCC(OCC)(OCC)[SiH2]CCCCC)(OCC)OCC. The summed E-state index contributed by atoms with van der Waals surface area (Å²) in [5.41, 5.74) is -0.445. The van der Waals surface area contributed by atoms with Crippen LogP contribution in [0.15, 0.2) is 0 Å². The highest BCUT2D eigenvalue weighted by Crippen LogP contribution is 2.43. The van der Waals surface area contributed by atoms with Crippen molar-refractivity contribution in [2.24, 2.45) is 0 Å². The Kier molecular flexibility index (Phi) is 30.0. The van der Waals surface area contributed by atoms with Gasteiger partial charge < -0.3 is 18.9 Å². The zero-order valence-electron chi connectivity index (χ0n) is 25.8. The maximum atomic E-state index is 6.23. The van der Waals surface area contributed by atoms with Crippen LogP contribution in [0, 0.1) is 0 Å². The lowest BCUT2D eigenvalue weighted by molar-refractivity contribution is -0.180. The predicted octanol–water partition coefficient (Wildman–Crippen LogP) is 9.01. The van der Waals surface area contributed by atoms with Gasteiger partial charge in [-0.15, -0.1) is 0 Å². The normalized spacial score (nSPS) is 13.1. The van der Waals surface area contributed by atoms with Crippen molar-refractivity contribution in [3.63, 3.8) is 0 Å². The highest BCUT2D eigenvalue weighted by Gasteiger charge is 2.31. The average molecular weight is 647 g/mol. The Morgan fingerprint density at radius 1 is 0.474 bits per heavy atom. The van der Waals surface area contributed by atoms with Crippen LogP contribution in [0.25, 0.3) is 0 Å². The second kappa shape index (κ2) is 28.8. The van der Waals surface area contributed by atoms with E-state index in [2.05, 4.69) is 41.5 Å².